The number of nitrogens with zero attached hydrogens (tertiary/aromatic N) is 3. The third-order valence-corrected chi connectivity index (χ3v) is 5.05. The highest BCUT2D eigenvalue weighted by Gasteiger charge is 2.31. The van der Waals surface area contributed by atoms with Crippen molar-refractivity contribution in [3.63, 3.8) is 0 Å². The van der Waals surface area contributed by atoms with Crippen molar-refractivity contribution in [1.29, 1.82) is 0 Å². The average Bonchev–Trinajstić information content (AvgIpc) is 3.28. The Morgan fingerprint density at radius 2 is 2.07 bits per heavy atom. The predicted octanol–water partition coefficient (Wildman–Crippen LogP) is 3.13. The van der Waals surface area contributed by atoms with Gasteiger partial charge in [-0.3, -0.25) is 4.90 Å². The largest absolute Gasteiger partial charge is 0.357 e. The van der Waals surface area contributed by atoms with Gasteiger partial charge in [-0.1, -0.05) is 42.4 Å². The van der Waals surface area contributed by atoms with E-state index in [0.717, 1.165) is 42.6 Å². The fourth-order valence-electron chi connectivity index (χ4n) is 3.39. The monoisotopic (exact) mass is 369 g/mol. The first-order valence-corrected chi connectivity index (χ1v) is 9.86. The SMILES string of the molecule is CCNC(=NCc1cc(-c2ccccc2)on1)NC1CN(C(C)C)CC1C. The van der Waals surface area contributed by atoms with Crippen LogP contribution in [0.4, 0.5) is 0 Å². The van der Waals surface area contributed by atoms with Crippen molar-refractivity contribution in [2.24, 2.45) is 10.9 Å². The van der Waals surface area contributed by atoms with E-state index in [2.05, 4.69) is 48.4 Å². The molecule has 6 nitrogen and oxygen atoms in total. The molecule has 1 saturated heterocycles. The topological polar surface area (TPSA) is 65.7 Å². The van der Waals surface area contributed by atoms with Gasteiger partial charge in [0.05, 0.1) is 6.54 Å². The molecule has 1 aliphatic heterocycles. The normalized spacial score (nSPS) is 21.0. The van der Waals surface area contributed by atoms with Gasteiger partial charge in [-0.2, -0.15) is 0 Å². The summed E-state index contributed by atoms with van der Waals surface area (Å²) in [6, 6.07) is 12.9. The lowest BCUT2D eigenvalue weighted by atomic mass is 10.1. The molecular formula is C21H31N5O. The Morgan fingerprint density at radius 1 is 1.30 bits per heavy atom. The van der Waals surface area contributed by atoms with Crippen LogP contribution >= 0.6 is 0 Å². The first-order chi connectivity index (χ1) is 13.1. The quantitative estimate of drug-likeness (QED) is 0.605. The second-order valence-electron chi connectivity index (χ2n) is 7.52. The van der Waals surface area contributed by atoms with Gasteiger partial charge in [0.25, 0.3) is 0 Å². The molecule has 0 spiro atoms. The minimum Gasteiger partial charge on any atom is -0.357 e. The van der Waals surface area contributed by atoms with Crippen molar-refractivity contribution < 1.29 is 4.52 Å². The van der Waals surface area contributed by atoms with Gasteiger partial charge in [0, 0.05) is 43.3 Å². The van der Waals surface area contributed by atoms with E-state index in [-0.39, 0.29) is 0 Å². The van der Waals surface area contributed by atoms with Gasteiger partial charge in [-0.25, -0.2) is 4.99 Å². The molecule has 146 valence electrons. The molecule has 1 fully saturated rings. The number of rotatable bonds is 6. The van der Waals surface area contributed by atoms with E-state index >= 15 is 0 Å². The van der Waals surface area contributed by atoms with Crippen molar-refractivity contribution in [1.82, 2.24) is 20.7 Å². The van der Waals surface area contributed by atoms with Crippen LogP contribution in [0.2, 0.25) is 0 Å². The molecule has 0 amide bonds. The zero-order chi connectivity index (χ0) is 19.2. The van der Waals surface area contributed by atoms with Crippen molar-refractivity contribution >= 4 is 5.96 Å². The lowest BCUT2D eigenvalue weighted by molar-refractivity contribution is 0.265. The predicted molar refractivity (Wildman–Crippen MR) is 110 cm³/mol. The smallest absolute Gasteiger partial charge is 0.191 e. The second-order valence-corrected chi connectivity index (χ2v) is 7.52. The molecule has 2 N–H and O–H groups in total. The van der Waals surface area contributed by atoms with Crippen LogP contribution < -0.4 is 10.6 Å². The Bertz CT molecular complexity index is 740. The minimum atomic E-state index is 0.405. The summed E-state index contributed by atoms with van der Waals surface area (Å²) in [7, 11) is 0. The molecule has 27 heavy (non-hydrogen) atoms. The summed E-state index contributed by atoms with van der Waals surface area (Å²) in [6.45, 7) is 12.4. The van der Waals surface area contributed by atoms with Crippen LogP contribution in [0.5, 0.6) is 0 Å². The van der Waals surface area contributed by atoms with Crippen molar-refractivity contribution in [3.8, 4) is 11.3 Å². The third-order valence-electron chi connectivity index (χ3n) is 5.05. The Labute approximate surface area is 162 Å². The molecule has 1 aromatic heterocycles. The summed E-state index contributed by atoms with van der Waals surface area (Å²) < 4.78 is 5.47. The molecule has 0 radical (unpaired) electrons. The highest BCUT2D eigenvalue weighted by Crippen LogP contribution is 2.20. The lowest BCUT2D eigenvalue weighted by Crippen LogP contribution is -2.46. The summed E-state index contributed by atoms with van der Waals surface area (Å²) in [5, 5.41) is 11.1. The summed E-state index contributed by atoms with van der Waals surface area (Å²) >= 11 is 0. The Balaban J connectivity index is 1.63. The molecule has 2 atom stereocenters. The van der Waals surface area contributed by atoms with Gasteiger partial charge in [-0.15, -0.1) is 0 Å². The molecule has 1 aromatic carbocycles. The molecule has 6 heteroatoms. The molecule has 1 aliphatic rings. The van der Waals surface area contributed by atoms with E-state index in [1.165, 1.54) is 0 Å². The van der Waals surface area contributed by atoms with E-state index in [4.69, 9.17) is 9.52 Å². The van der Waals surface area contributed by atoms with E-state index < -0.39 is 0 Å². The highest BCUT2D eigenvalue weighted by atomic mass is 16.5. The summed E-state index contributed by atoms with van der Waals surface area (Å²) in [4.78, 5) is 7.22. The standard InChI is InChI=1S/C21H31N5O/c1-5-22-21(24-19-14-26(15(2)3)13-16(19)4)23-12-18-11-20(27-25-18)17-9-7-6-8-10-17/h6-11,15-16,19H,5,12-14H2,1-4H3,(H2,22,23,24). The van der Waals surface area contributed by atoms with Crippen LogP contribution in [-0.4, -0.2) is 47.7 Å². The summed E-state index contributed by atoms with van der Waals surface area (Å²) in [5.74, 6) is 2.20. The Morgan fingerprint density at radius 3 is 2.74 bits per heavy atom. The van der Waals surface area contributed by atoms with Crippen LogP contribution in [0.25, 0.3) is 11.3 Å². The van der Waals surface area contributed by atoms with Crippen molar-refractivity contribution in [2.45, 2.75) is 46.3 Å². The number of hydrogen-bond acceptors (Lipinski definition) is 4. The lowest BCUT2D eigenvalue weighted by Gasteiger charge is -2.21. The first-order valence-electron chi connectivity index (χ1n) is 9.86. The maximum absolute atomic E-state index is 5.47. The molecule has 3 rings (SSSR count). The molecule has 0 saturated carbocycles. The number of aromatic nitrogens is 1. The Hall–Kier alpha value is -2.34. The average molecular weight is 370 g/mol. The van der Waals surface area contributed by atoms with Gasteiger partial charge in [0.2, 0.25) is 0 Å². The van der Waals surface area contributed by atoms with Gasteiger partial charge in [0.15, 0.2) is 11.7 Å². The van der Waals surface area contributed by atoms with Crippen LogP contribution in [0.3, 0.4) is 0 Å². The molecule has 2 aromatic rings. The minimum absolute atomic E-state index is 0.405. The molecular weight excluding hydrogens is 338 g/mol. The maximum atomic E-state index is 5.47. The van der Waals surface area contributed by atoms with Crippen LogP contribution in [0.15, 0.2) is 45.9 Å². The number of aliphatic imine (C=N–C) groups is 1. The molecule has 2 unspecified atom stereocenters. The third kappa shape index (κ3) is 5.10. The van der Waals surface area contributed by atoms with E-state index in [9.17, 15) is 0 Å². The number of guanidine groups is 1. The zero-order valence-electron chi connectivity index (χ0n) is 16.8. The van der Waals surface area contributed by atoms with Crippen LogP contribution in [0.1, 0.15) is 33.4 Å². The van der Waals surface area contributed by atoms with Gasteiger partial charge < -0.3 is 15.2 Å². The molecule has 0 aliphatic carbocycles. The summed E-state index contributed by atoms with van der Waals surface area (Å²) in [6.07, 6.45) is 0. The highest BCUT2D eigenvalue weighted by molar-refractivity contribution is 5.80. The first kappa shape index (κ1) is 19.4. The maximum Gasteiger partial charge on any atom is 0.191 e. The number of nitrogens with one attached hydrogen (secondary N) is 2. The van der Waals surface area contributed by atoms with E-state index in [0.29, 0.717) is 24.5 Å². The summed E-state index contributed by atoms with van der Waals surface area (Å²) in [5.41, 5.74) is 1.85. The van der Waals surface area contributed by atoms with Crippen LogP contribution in [-0.2, 0) is 6.54 Å². The Kier molecular flexibility index (Phi) is 6.50. The fraction of sp³-hybridized carbons (Fsp3) is 0.524. The van der Waals surface area contributed by atoms with E-state index in [1.807, 2.05) is 36.4 Å². The second kappa shape index (κ2) is 9.04. The van der Waals surface area contributed by atoms with Gasteiger partial charge in [-0.05, 0) is 26.7 Å². The van der Waals surface area contributed by atoms with Gasteiger partial charge >= 0.3 is 0 Å². The number of benzene rings is 1. The van der Waals surface area contributed by atoms with Crippen LogP contribution in [0, 0.1) is 5.92 Å². The van der Waals surface area contributed by atoms with Crippen molar-refractivity contribution in [3.05, 3.63) is 42.1 Å². The number of likely N-dealkylation sites (tertiary alicyclic amines) is 1. The molecule has 2 heterocycles. The zero-order valence-corrected chi connectivity index (χ0v) is 16.8. The van der Waals surface area contributed by atoms with E-state index in [1.54, 1.807) is 0 Å². The van der Waals surface area contributed by atoms with Crippen molar-refractivity contribution in [2.75, 3.05) is 19.6 Å². The molecule has 0 bridgehead atoms. The number of hydrogen-bond donors (Lipinski definition) is 2. The fourth-order valence-corrected chi connectivity index (χ4v) is 3.39. The van der Waals surface area contributed by atoms with Gasteiger partial charge in [0.1, 0.15) is 5.69 Å².